The van der Waals surface area contributed by atoms with Crippen molar-refractivity contribution >= 4 is 5.91 Å². The van der Waals surface area contributed by atoms with Gasteiger partial charge in [-0.05, 0) is 44.0 Å². The third-order valence-corrected chi connectivity index (χ3v) is 5.05. The molecule has 0 aliphatic heterocycles. The van der Waals surface area contributed by atoms with Gasteiger partial charge >= 0.3 is 6.18 Å². The molecule has 1 saturated carbocycles. The molecule has 1 atom stereocenters. The summed E-state index contributed by atoms with van der Waals surface area (Å²) in [7, 11) is 0. The highest BCUT2D eigenvalue weighted by Crippen LogP contribution is 2.50. The first-order valence-corrected chi connectivity index (χ1v) is 9.66. The van der Waals surface area contributed by atoms with Crippen molar-refractivity contribution in [3.8, 4) is 5.95 Å². The molecular formula is C20H17F5N6O. The van der Waals surface area contributed by atoms with Crippen molar-refractivity contribution in [2.75, 3.05) is 0 Å². The van der Waals surface area contributed by atoms with Crippen LogP contribution in [0, 0.1) is 5.92 Å². The first-order chi connectivity index (χ1) is 15.1. The van der Waals surface area contributed by atoms with Crippen LogP contribution in [0.2, 0.25) is 0 Å². The predicted molar refractivity (Wildman–Crippen MR) is 101 cm³/mol. The zero-order valence-electron chi connectivity index (χ0n) is 16.6. The van der Waals surface area contributed by atoms with Crippen molar-refractivity contribution in [3.05, 3.63) is 65.5 Å². The van der Waals surface area contributed by atoms with Gasteiger partial charge in [-0.15, -0.1) is 0 Å². The van der Waals surface area contributed by atoms with Gasteiger partial charge in [0, 0.05) is 29.4 Å². The zero-order chi connectivity index (χ0) is 23.1. The highest BCUT2D eigenvalue weighted by atomic mass is 19.4. The van der Waals surface area contributed by atoms with Crippen LogP contribution < -0.4 is 5.32 Å². The predicted octanol–water partition coefficient (Wildman–Crippen LogP) is 4.07. The molecule has 1 aliphatic carbocycles. The van der Waals surface area contributed by atoms with Crippen LogP contribution in [0.5, 0.6) is 0 Å². The SMILES string of the molecule is CC(NC(=O)c1cc(C(F)(F)F)cc(C(F)(F)C2CC2)c1)c1ncnn1-c1ncccn1. The Labute approximate surface area is 178 Å². The molecule has 3 aromatic rings. The Bertz CT molecular complexity index is 1130. The van der Waals surface area contributed by atoms with E-state index in [-0.39, 0.29) is 24.6 Å². The van der Waals surface area contributed by atoms with Gasteiger partial charge in [-0.3, -0.25) is 4.79 Å². The number of nitrogens with one attached hydrogen (secondary N) is 1. The zero-order valence-corrected chi connectivity index (χ0v) is 16.6. The van der Waals surface area contributed by atoms with Crippen LogP contribution in [-0.4, -0.2) is 30.6 Å². The van der Waals surface area contributed by atoms with E-state index in [4.69, 9.17) is 0 Å². The highest BCUT2D eigenvalue weighted by molar-refractivity contribution is 5.95. The maximum Gasteiger partial charge on any atom is 0.416 e. The lowest BCUT2D eigenvalue weighted by Crippen LogP contribution is -2.30. The third-order valence-electron chi connectivity index (χ3n) is 5.05. The van der Waals surface area contributed by atoms with Crippen LogP contribution >= 0.6 is 0 Å². The number of nitrogens with zero attached hydrogens (tertiary/aromatic N) is 5. The fourth-order valence-electron chi connectivity index (χ4n) is 3.24. The molecule has 1 aromatic carbocycles. The van der Waals surface area contributed by atoms with Gasteiger partial charge in [-0.2, -0.15) is 23.0 Å². The Balaban J connectivity index is 1.63. The van der Waals surface area contributed by atoms with Crippen LogP contribution in [0.3, 0.4) is 0 Å². The molecule has 1 N–H and O–H groups in total. The molecular weight excluding hydrogens is 435 g/mol. The Morgan fingerprint density at radius 2 is 1.72 bits per heavy atom. The second kappa shape index (κ2) is 7.92. The number of carbonyl (C=O) groups excluding carboxylic acids is 1. The van der Waals surface area contributed by atoms with E-state index in [1.54, 1.807) is 6.07 Å². The quantitative estimate of drug-likeness (QED) is 0.570. The number of amides is 1. The van der Waals surface area contributed by atoms with Crippen molar-refractivity contribution < 1.29 is 26.7 Å². The maximum absolute atomic E-state index is 14.5. The number of hydrogen-bond donors (Lipinski definition) is 1. The van der Waals surface area contributed by atoms with E-state index in [9.17, 15) is 26.7 Å². The van der Waals surface area contributed by atoms with Gasteiger partial charge < -0.3 is 5.32 Å². The van der Waals surface area contributed by atoms with Crippen molar-refractivity contribution in [1.29, 1.82) is 0 Å². The Kier molecular flexibility index (Phi) is 5.39. The lowest BCUT2D eigenvalue weighted by atomic mass is 9.97. The second-order valence-electron chi connectivity index (χ2n) is 7.47. The van der Waals surface area contributed by atoms with E-state index >= 15 is 0 Å². The fourth-order valence-corrected chi connectivity index (χ4v) is 3.24. The number of hydrogen-bond acceptors (Lipinski definition) is 5. The number of rotatable bonds is 6. The molecule has 2 aromatic heterocycles. The molecule has 12 heteroatoms. The Hall–Kier alpha value is -3.44. The maximum atomic E-state index is 14.5. The summed E-state index contributed by atoms with van der Waals surface area (Å²) in [5.41, 5.74) is -2.66. The van der Waals surface area contributed by atoms with Gasteiger partial charge in [-0.25, -0.2) is 23.7 Å². The number of aromatic nitrogens is 5. The summed E-state index contributed by atoms with van der Waals surface area (Å²) >= 11 is 0. The monoisotopic (exact) mass is 452 g/mol. The minimum atomic E-state index is -4.89. The average molecular weight is 452 g/mol. The van der Waals surface area contributed by atoms with E-state index in [1.807, 2.05) is 0 Å². The summed E-state index contributed by atoms with van der Waals surface area (Å²) in [5.74, 6) is -5.05. The number of benzene rings is 1. The van der Waals surface area contributed by atoms with E-state index in [0.717, 1.165) is 6.07 Å². The normalized spacial score (nSPS) is 15.4. The molecule has 0 spiro atoms. The van der Waals surface area contributed by atoms with Gasteiger partial charge in [0.25, 0.3) is 17.8 Å². The first kappa shape index (κ1) is 21.8. The van der Waals surface area contributed by atoms with Gasteiger partial charge in [0.2, 0.25) is 0 Å². The van der Waals surface area contributed by atoms with E-state index in [0.29, 0.717) is 12.1 Å². The number of halogens is 5. The minimum Gasteiger partial charge on any atom is -0.342 e. The molecule has 1 amide bonds. The molecule has 0 bridgehead atoms. The molecule has 1 aliphatic rings. The van der Waals surface area contributed by atoms with E-state index in [2.05, 4.69) is 25.4 Å². The second-order valence-corrected chi connectivity index (χ2v) is 7.47. The van der Waals surface area contributed by atoms with Gasteiger partial charge in [0.15, 0.2) is 5.82 Å². The number of carbonyl (C=O) groups is 1. The molecule has 0 radical (unpaired) electrons. The van der Waals surface area contributed by atoms with Crippen LogP contribution in [-0.2, 0) is 12.1 Å². The van der Waals surface area contributed by atoms with Crippen LogP contribution in [0.1, 0.15) is 53.1 Å². The van der Waals surface area contributed by atoms with Crippen molar-refractivity contribution in [2.45, 2.75) is 37.9 Å². The fraction of sp³-hybridized carbons (Fsp3) is 0.350. The van der Waals surface area contributed by atoms with Gasteiger partial charge in [0.1, 0.15) is 6.33 Å². The van der Waals surface area contributed by atoms with Crippen LogP contribution in [0.25, 0.3) is 5.95 Å². The topological polar surface area (TPSA) is 85.6 Å². The molecule has 0 saturated heterocycles. The van der Waals surface area contributed by atoms with Crippen molar-refractivity contribution in [1.82, 2.24) is 30.0 Å². The lowest BCUT2D eigenvalue weighted by molar-refractivity contribution is -0.137. The Morgan fingerprint density at radius 3 is 2.34 bits per heavy atom. The molecule has 168 valence electrons. The van der Waals surface area contributed by atoms with E-state index < -0.39 is 46.7 Å². The highest BCUT2D eigenvalue weighted by Gasteiger charge is 2.49. The van der Waals surface area contributed by atoms with E-state index in [1.165, 1.54) is 30.3 Å². The molecule has 7 nitrogen and oxygen atoms in total. The molecule has 2 heterocycles. The van der Waals surface area contributed by atoms with Gasteiger partial charge in [0.05, 0.1) is 11.6 Å². The lowest BCUT2D eigenvalue weighted by Gasteiger charge is -2.20. The summed E-state index contributed by atoms with van der Waals surface area (Å²) in [6.07, 6.45) is -0.297. The summed E-state index contributed by atoms with van der Waals surface area (Å²) < 4.78 is 70.3. The number of alkyl halides is 5. The molecule has 32 heavy (non-hydrogen) atoms. The van der Waals surface area contributed by atoms with Crippen LogP contribution in [0.15, 0.2) is 43.0 Å². The standard InChI is InChI=1S/C20H17F5N6O/c1-11(16-28-10-29-31(16)18-26-5-2-6-27-18)30-17(32)12-7-14(19(21,22)13-3-4-13)9-15(8-12)20(23,24)25/h2,5-11,13H,3-4H2,1H3,(H,30,32). The average Bonchev–Trinajstić information content (AvgIpc) is 3.51. The third kappa shape index (κ3) is 4.30. The van der Waals surface area contributed by atoms with Crippen molar-refractivity contribution in [3.63, 3.8) is 0 Å². The van der Waals surface area contributed by atoms with Crippen LogP contribution in [0.4, 0.5) is 22.0 Å². The largest absolute Gasteiger partial charge is 0.416 e. The summed E-state index contributed by atoms with van der Waals surface area (Å²) in [6, 6.07) is 2.52. The molecule has 1 fully saturated rings. The summed E-state index contributed by atoms with van der Waals surface area (Å²) in [5, 5.41) is 6.47. The van der Waals surface area contributed by atoms with Crippen molar-refractivity contribution in [2.24, 2.45) is 5.92 Å². The smallest absolute Gasteiger partial charge is 0.342 e. The molecule has 4 rings (SSSR count). The first-order valence-electron chi connectivity index (χ1n) is 9.66. The molecule has 1 unspecified atom stereocenters. The minimum absolute atomic E-state index is 0.173. The summed E-state index contributed by atoms with van der Waals surface area (Å²) in [4.78, 5) is 24.8. The van der Waals surface area contributed by atoms with Gasteiger partial charge in [-0.1, -0.05) is 0 Å². The Morgan fingerprint density at radius 1 is 1.06 bits per heavy atom. The summed E-state index contributed by atoms with van der Waals surface area (Å²) in [6.45, 7) is 1.52.